The Morgan fingerprint density at radius 3 is 2.24 bits per heavy atom. The first-order valence-electron chi connectivity index (χ1n) is 10.5. The number of hydrazone groups is 1. The molecule has 0 aliphatic carbocycles. The van der Waals surface area contributed by atoms with E-state index in [-0.39, 0.29) is 5.91 Å². The van der Waals surface area contributed by atoms with Crippen molar-refractivity contribution in [2.45, 2.75) is 19.4 Å². The van der Waals surface area contributed by atoms with Crippen molar-refractivity contribution in [2.24, 2.45) is 5.10 Å². The van der Waals surface area contributed by atoms with Crippen molar-refractivity contribution >= 4 is 85.6 Å². The van der Waals surface area contributed by atoms with E-state index in [1.807, 2.05) is 36.4 Å². The number of nitrogens with zero attached hydrogens (tertiary/aromatic N) is 2. The number of hydrogen-bond acceptors (Lipinski definition) is 4. The van der Waals surface area contributed by atoms with E-state index in [1.54, 1.807) is 6.21 Å². The molecular formula is C25H22I3N3O2. The third-order valence-corrected chi connectivity index (χ3v) is 7.62. The average Bonchev–Trinajstić information content (AvgIpc) is 3.35. The molecule has 0 bridgehead atoms. The molecule has 170 valence electrons. The molecule has 33 heavy (non-hydrogen) atoms. The van der Waals surface area contributed by atoms with E-state index in [2.05, 4.69) is 107 Å². The van der Waals surface area contributed by atoms with Gasteiger partial charge in [-0.25, -0.2) is 5.43 Å². The summed E-state index contributed by atoms with van der Waals surface area (Å²) in [6, 6.07) is 20.0. The average molecular weight is 777 g/mol. The maximum Gasteiger partial charge on any atom is 0.271 e. The second-order valence-electron chi connectivity index (χ2n) is 7.67. The summed E-state index contributed by atoms with van der Waals surface area (Å²) in [4.78, 5) is 14.8. The van der Waals surface area contributed by atoms with Crippen LogP contribution in [-0.4, -0.2) is 25.2 Å². The summed E-state index contributed by atoms with van der Waals surface area (Å²) in [5.41, 5.74) is 6.41. The summed E-state index contributed by atoms with van der Waals surface area (Å²) < 4.78 is 9.26. The number of ether oxygens (including phenoxy) is 1. The van der Waals surface area contributed by atoms with Crippen molar-refractivity contribution in [1.29, 1.82) is 0 Å². The molecule has 3 aromatic carbocycles. The first-order valence-corrected chi connectivity index (χ1v) is 13.8. The van der Waals surface area contributed by atoms with Crippen molar-refractivity contribution < 1.29 is 9.53 Å². The molecule has 1 saturated heterocycles. The van der Waals surface area contributed by atoms with Gasteiger partial charge in [-0.15, -0.1) is 0 Å². The Kier molecular flexibility index (Phi) is 8.85. The van der Waals surface area contributed by atoms with E-state index in [0.717, 1.165) is 37.1 Å². The van der Waals surface area contributed by atoms with Crippen LogP contribution in [0.3, 0.4) is 0 Å². The summed E-state index contributed by atoms with van der Waals surface area (Å²) in [6.45, 7) is 2.69. The van der Waals surface area contributed by atoms with E-state index in [9.17, 15) is 4.79 Å². The zero-order valence-electron chi connectivity index (χ0n) is 17.7. The van der Waals surface area contributed by atoms with Gasteiger partial charge >= 0.3 is 0 Å². The monoisotopic (exact) mass is 777 g/mol. The van der Waals surface area contributed by atoms with E-state index >= 15 is 0 Å². The lowest BCUT2D eigenvalue weighted by Crippen LogP contribution is -2.19. The number of anilines is 1. The Bertz CT molecular complexity index is 1120. The lowest BCUT2D eigenvalue weighted by atomic mass is 10.2. The third kappa shape index (κ3) is 6.81. The van der Waals surface area contributed by atoms with Crippen LogP contribution in [0.4, 0.5) is 5.69 Å². The number of nitrogens with one attached hydrogen (secondary N) is 1. The van der Waals surface area contributed by atoms with Crippen LogP contribution in [0.15, 0.2) is 65.8 Å². The first-order chi connectivity index (χ1) is 16.0. The number of halogens is 3. The minimum Gasteiger partial charge on any atom is -0.487 e. The molecule has 1 amide bonds. The van der Waals surface area contributed by atoms with Crippen molar-refractivity contribution in [3.63, 3.8) is 0 Å². The number of rotatable bonds is 7. The highest BCUT2D eigenvalue weighted by atomic mass is 127. The van der Waals surface area contributed by atoms with Crippen LogP contribution < -0.4 is 15.1 Å². The maximum atomic E-state index is 12.4. The Morgan fingerprint density at radius 1 is 0.970 bits per heavy atom. The van der Waals surface area contributed by atoms with Crippen molar-refractivity contribution in [3.8, 4) is 5.75 Å². The highest BCUT2D eigenvalue weighted by molar-refractivity contribution is 14.1. The SMILES string of the molecule is O=C(N/N=C\c1cc(I)c(OCc2ccc(I)cc2)c(I)c1)c1ccc(N2CCCC2)cc1. The van der Waals surface area contributed by atoms with Gasteiger partial charge in [0.15, 0.2) is 0 Å². The molecule has 1 fully saturated rings. The van der Waals surface area contributed by atoms with Gasteiger partial charge in [-0.05, 0) is 140 Å². The molecule has 0 spiro atoms. The minimum atomic E-state index is -0.221. The number of amides is 1. The van der Waals surface area contributed by atoms with Gasteiger partial charge in [0.2, 0.25) is 0 Å². The lowest BCUT2D eigenvalue weighted by Gasteiger charge is -2.17. The summed E-state index contributed by atoms with van der Waals surface area (Å²) in [5, 5.41) is 4.15. The highest BCUT2D eigenvalue weighted by Gasteiger charge is 2.13. The van der Waals surface area contributed by atoms with E-state index < -0.39 is 0 Å². The number of carbonyl (C=O) groups excluding carboxylic acids is 1. The molecule has 3 aromatic rings. The number of hydrogen-bond donors (Lipinski definition) is 1. The van der Waals surface area contributed by atoms with Crippen LogP contribution in [0.2, 0.25) is 0 Å². The van der Waals surface area contributed by atoms with Gasteiger partial charge in [0.25, 0.3) is 5.91 Å². The summed E-state index contributed by atoms with van der Waals surface area (Å²) >= 11 is 6.83. The molecule has 0 radical (unpaired) electrons. The van der Waals surface area contributed by atoms with E-state index in [1.165, 1.54) is 22.1 Å². The third-order valence-electron chi connectivity index (χ3n) is 5.30. The fraction of sp³-hybridized carbons (Fsp3) is 0.200. The summed E-state index contributed by atoms with van der Waals surface area (Å²) in [5.74, 6) is 0.634. The molecule has 1 aliphatic rings. The van der Waals surface area contributed by atoms with Crippen LogP contribution in [0.5, 0.6) is 5.75 Å². The van der Waals surface area contributed by atoms with Gasteiger partial charge < -0.3 is 9.64 Å². The molecule has 8 heteroatoms. The minimum absolute atomic E-state index is 0.221. The van der Waals surface area contributed by atoms with Gasteiger partial charge in [-0.2, -0.15) is 5.10 Å². The van der Waals surface area contributed by atoms with Crippen LogP contribution in [0, 0.1) is 10.7 Å². The zero-order valence-corrected chi connectivity index (χ0v) is 24.2. The lowest BCUT2D eigenvalue weighted by molar-refractivity contribution is 0.0955. The normalized spacial score (nSPS) is 13.5. The molecule has 4 rings (SSSR count). The van der Waals surface area contributed by atoms with Gasteiger partial charge in [-0.3, -0.25) is 4.79 Å². The van der Waals surface area contributed by atoms with Gasteiger partial charge in [0.1, 0.15) is 12.4 Å². The van der Waals surface area contributed by atoms with Crippen molar-refractivity contribution in [1.82, 2.24) is 5.43 Å². The molecular weight excluding hydrogens is 755 g/mol. The Labute approximate surface area is 234 Å². The van der Waals surface area contributed by atoms with E-state index in [0.29, 0.717) is 12.2 Å². The van der Waals surface area contributed by atoms with Crippen molar-refractivity contribution in [3.05, 3.63) is 88.1 Å². The Morgan fingerprint density at radius 2 is 1.61 bits per heavy atom. The molecule has 5 nitrogen and oxygen atoms in total. The largest absolute Gasteiger partial charge is 0.487 e. The zero-order chi connectivity index (χ0) is 23.2. The number of carbonyl (C=O) groups is 1. The Hall–Kier alpha value is -1.41. The predicted octanol–water partition coefficient (Wildman–Crippen LogP) is 6.44. The van der Waals surface area contributed by atoms with Crippen LogP contribution in [0.1, 0.15) is 34.3 Å². The molecule has 1 heterocycles. The fourth-order valence-electron chi connectivity index (χ4n) is 3.56. The van der Waals surface area contributed by atoms with Crippen LogP contribution >= 0.6 is 67.8 Å². The smallest absolute Gasteiger partial charge is 0.271 e. The highest BCUT2D eigenvalue weighted by Crippen LogP contribution is 2.29. The Balaban J connectivity index is 1.34. The predicted molar refractivity (Wildman–Crippen MR) is 158 cm³/mol. The van der Waals surface area contributed by atoms with Crippen LogP contribution in [0.25, 0.3) is 0 Å². The molecule has 0 unspecified atom stereocenters. The molecule has 1 N–H and O–H groups in total. The number of benzene rings is 3. The standard InChI is InChI=1S/C25H22I3N3O2/c26-20-7-3-17(4-8-20)16-33-24-22(27)13-18(14-23(24)28)15-29-30-25(32)19-5-9-21(10-6-19)31-11-1-2-12-31/h3-10,13-15H,1-2,11-12,16H2,(H,30,32)/b29-15-. The molecule has 0 atom stereocenters. The quantitative estimate of drug-likeness (QED) is 0.171. The van der Waals surface area contributed by atoms with Crippen LogP contribution in [-0.2, 0) is 6.61 Å². The van der Waals surface area contributed by atoms with Gasteiger partial charge in [-0.1, -0.05) is 12.1 Å². The second kappa shape index (κ2) is 11.8. The van der Waals surface area contributed by atoms with Crippen molar-refractivity contribution in [2.75, 3.05) is 18.0 Å². The topological polar surface area (TPSA) is 53.9 Å². The second-order valence-corrected chi connectivity index (χ2v) is 11.2. The van der Waals surface area contributed by atoms with Gasteiger partial charge in [0, 0.05) is 27.9 Å². The van der Waals surface area contributed by atoms with E-state index in [4.69, 9.17) is 4.74 Å². The van der Waals surface area contributed by atoms with Gasteiger partial charge in [0.05, 0.1) is 13.4 Å². The molecule has 1 aliphatic heterocycles. The molecule has 0 saturated carbocycles. The molecule has 0 aromatic heterocycles. The maximum absolute atomic E-state index is 12.4. The first kappa shape index (κ1) is 24.7. The summed E-state index contributed by atoms with van der Waals surface area (Å²) in [7, 11) is 0. The fourth-order valence-corrected chi connectivity index (χ4v) is 6.04. The summed E-state index contributed by atoms with van der Waals surface area (Å²) in [6.07, 6.45) is 4.12.